The maximum atomic E-state index is 12.5. The number of nitrogens with one attached hydrogen (secondary N) is 1. The molecule has 0 aliphatic heterocycles. The van der Waals surface area contributed by atoms with Crippen LogP contribution in [0.25, 0.3) is 0 Å². The van der Waals surface area contributed by atoms with E-state index in [-0.39, 0.29) is 17.4 Å². The topological polar surface area (TPSA) is 55.1 Å². The molecule has 2 atom stereocenters. The summed E-state index contributed by atoms with van der Waals surface area (Å²) in [6.07, 6.45) is 8.82. The van der Waals surface area contributed by atoms with Gasteiger partial charge in [0.15, 0.2) is 0 Å². The first-order valence-electron chi connectivity index (χ1n) is 8.11. The van der Waals surface area contributed by atoms with Crippen molar-refractivity contribution in [3.05, 3.63) is 0 Å². The van der Waals surface area contributed by atoms with E-state index < -0.39 is 0 Å². The zero-order valence-electron chi connectivity index (χ0n) is 13.0. The standard InChI is InChI=1S/C16H32N2O/c1-4-8-14(9-5-2)15(19)18-16(12-17)11-7-6-10-13(16)3/h13-14H,4-12,17H2,1-3H3,(H,18,19). The van der Waals surface area contributed by atoms with Crippen molar-refractivity contribution in [3.63, 3.8) is 0 Å². The molecule has 0 aromatic carbocycles. The Labute approximate surface area is 118 Å². The Bertz CT molecular complexity index is 274. The largest absolute Gasteiger partial charge is 0.349 e. The van der Waals surface area contributed by atoms with Crippen LogP contribution in [0.5, 0.6) is 0 Å². The lowest BCUT2D eigenvalue weighted by molar-refractivity contribution is -0.128. The Morgan fingerprint density at radius 3 is 2.42 bits per heavy atom. The van der Waals surface area contributed by atoms with Gasteiger partial charge in [-0.3, -0.25) is 4.79 Å². The van der Waals surface area contributed by atoms with Crippen molar-refractivity contribution in [2.75, 3.05) is 6.54 Å². The number of rotatable bonds is 7. The minimum Gasteiger partial charge on any atom is -0.349 e. The zero-order valence-corrected chi connectivity index (χ0v) is 13.0. The second-order valence-electron chi connectivity index (χ2n) is 6.27. The van der Waals surface area contributed by atoms with Gasteiger partial charge in [0.05, 0.1) is 5.54 Å². The van der Waals surface area contributed by atoms with Crippen molar-refractivity contribution in [3.8, 4) is 0 Å². The van der Waals surface area contributed by atoms with Crippen LogP contribution in [0.4, 0.5) is 0 Å². The number of amides is 1. The molecule has 1 amide bonds. The van der Waals surface area contributed by atoms with Crippen LogP contribution in [0.3, 0.4) is 0 Å². The molecule has 0 saturated heterocycles. The third-order valence-corrected chi connectivity index (χ3v) is 4.83. The lowest BCUT2D eigenvalue weighted by Crippen LogP contribution is -2.60. The molecule has 3 heteroatoms. The molecule has 0 aromatic rings. The molecule has 2 unspecified atom stereocenters. The maximum absolute atomic E-state index is 12.5. The molecular weight excluding hydrogens is 236 g/mol. The zero-order chi connectivity index (χ0) is 14.3. The fraction of sp³-hybridized carbons (Fsp3) is 0.938. The van der Waals surface area contributed by atoms with E-state index in [1.165, 1.54) is 19.3 Å². The van der Waals surface area contributed by atoms with Gasteiger partial charge in [-0.05, 0) is 31.6 Å². The normalized spacial score (nSPS) is 27.5. The Hall–Kier alpha value is -0.570. The second kappa shape index (κ2) is 7.88. The lowest BCUT2D eigenvalue weighted by atomic mass is 9.73. The molecular formula is C16H32N2O. The Morgan fingerprint density at radius 2 is 1.95 bits per heavy atom. The summed E-state index contributed by atoms with van der Waals surface area (Å²) in [7, 11) is 0. The quantitative estimate of drug-likeness (QED) is 0.745. The van der Waals surface area contributed by atoms with Crippen molar-refractivity contribution < 1.29 is 4.79 Å². The van der Waals surface area contributed by atoms with Crippen molar-refractivity contribution in [1.82, 2.24) is 5.32 Å². The highest BCUT2D eigenvalue weighted by molar-refractivity contribution is 5.79. The third-order valence-electron chi connectivity index (χ3n) is 4.83. The molecule has 0 spiro atoms. The summed E-state index contributed by atoms with van der Waals surface area (Å²) in [5.74, 6) is 0.912. The van der Waals surface area contributed by atoms with Crippen molar-refractivity contribution in [2.24, 2.45) is 17.6 Å². The number of carbonyl (C=O) groups is 1. The summed E-state index contributed by atoms with van der Waals surface area (Å²) in [4.78, 5) is 12.5. The van der Waals surface area contributed by atoms with Crippen LogP contribution in [0.1, 0.15) is 72.1 Å². The molecule has 112 valence electrons. The monoisotopic (exact) mass is 268 g/mol. The molecule has 0 bridgehead atoms. The van der Waals surface area contributed by atoms with Gasteiger partial charge in [0.25, 0.3) is 0 Å². The first kappa shape index (κ1) is 16.5. The van der Waals surface area contributed by atoms with Gasteiger partial charge in [-0.2, -0.15) is 0 Å². The smallest absolute Gasteiger partial charge is 0.223 e. The van der Waals surface area contributed by atoms with Crippen molar-refractivity contribution in [1.29, 1.82) is 0 Å². The molecule has 1 aliphatic carbocycles. The van der Waals surface area contributed by atoms with Crippen LogP contribution in [0.2, 0.25) is 0 Å². The SMILES string of the molecule is CCCC(CCC)C(=O)NC1(CN)CCCCC1C. The van der Waals surface area contributed by atoms with Gasteiger partial charge in [-0.15, -0.1) is 0 Å². The van der Waals surface area contributed by atoms with Crippen molar-refractivity contribution >= 4 is 5.91 Å². The van der Waals surface area contributed by atoms with E-state index in [9.17, 15) is 4.79 Å². The third kappa shape index (κ3) is 4.20. The molecule has 19 heavy (non-hydrogen) atoms. The van der Waals surface area contributed by atoms with E-state index in [0.29, 0.717) is 12.5 Å². The average molecular weight is 268 g/mol. The van der Waals surface area contributed by atoms with Crippen LogP contribution in [-0.4, -0.2) is 18.0 Å². The van der Waals surface area contributed by atoms with Gasteiger partial charge < -0.3 is 11.1 Å². The summed E-state index contributed by atoms with van der Waals surface area (Å²) in [5.41, 5.74) is 5.87. The molecule has 1 fully saturated rings. The van der Waals surface area contributed by atoms with Crippen LogP contribution >= 0.6 is 0 Å². The molecule has 1 rings (SSSR count). The second-order valence-corrected chi connectivity index (χ2v) is 6.27. The predicted octanol–water partition coefficient (Wildman–Crippen LogP) is 3.23. The van der Waals surface area contributed by atoms with Crippen LogP contribution in [0.15, 0.2) is 0 Å². The first-order valence-corrected chi connectivity index (χ1v) is 8.11. The lowest BCUT2D eigenvalue weighted by Gasteiger charge is -2.43. The minimum atomic E-state index is -0.144. The van der Waals surface area contributed by atoms with E-state index >= 15 is 0 Å². The van der Waals surface area contributed by atoms with Crippen LogP contribution < -0.4 is 11.1 Å². The van der Waals surface area contributed by atoms with Gasteiger partial charge in [0, 0.05) is 12.5 Å². The molecule has 3 N–H and O–H groups in total. The van der Waals surface area contributed by atoms with Gasteiger partial charge in [-0.1, -0.05) is 46.5 Å². The predicted molar refractivity (Wildman–Crippen MR) is 80.9 cm³/mol. The number of hydrogen-bond acceptors (Lipinski definition) is 2. The Balaban J connectivity index is 2.69. The summed E-state index contributed by atoms with van der Waals surface area (Å²) in [6.45, 7) is 7.11. The highest BCUT2D eigenvalue weighted by Crippen LogP contribution is 2.33. The van der Waals surface area contributed by atoms with Crippen LogP contribution in [0, 0.1) is 11.8 Å². The van der Waals surface area contributed by atoms with E-state index in [1.807, 2.05) is 0 Å². The Morgan fingerprint density at radius 1 is 1.32 bits per heavy atom. The molecule has 1 aliphatic rings. The number of carbonyl (C=O) groups excluding carboxylic acids is 1. The van der Waals surface area contributed by atoms with E-state index in [1.54, 1.807) is 0 Å². The van der Waals surface area contributed by atoms with Crippen molar-refractivity contribution in [2.45, 2.75) is 77.7 Å². The number of nitrogens with two attached hydrogens (primary N) is 1. The molecule has 1 saturated carbocycles. The fourth-order valence-corrected chi connectivity index (χ4v) is 3.40. The maximum Gasteiger partial charge on any atom is 0.223 e. The molecule has 3 nitrogen and oxygen atoms in total. The average Bonchev–Trinajstić information content (AvgIpc) is 2.41. The summed E-state index contributed by atoms with van der Waals surface area (Å²) >= 11 is 0. The molecule has 0 heterocycles. The molecule has 0 radical (unpaired) electrons. The summed E-state index contributed by atoms with van der Waals surface area (Å²) in [5, 5.41) is 3.34. The van der Waals surface area contributed by atoms with E-state index in [2.05, 4.69) is 26.1 Å². The van der Waals surface area contributed by atoms with E-state index in [0.717, 1.165) is 32.1 Å². The summed E-state index contributed by atoms with van der Waals surface area (Å²) < 4.78 is 0. The fourth-order valence-electron chi connectivity index (χ4n) is 3.40. The van der Waals surface area contributed by atoms with Gasteiger partial charge in [-0.25, -0.2) is 0 Å². The van der Waals surface area contributed by atoms with Gasteiger partial charge in [0.2, 0.25) is 5.91 Å². The minimum absolute atomic E-state index is 0.144. The summed E-state index contributed by atoms with van der Waals surface area (Å²) in [6, 6.07) is 0. The Kier molecular flexibility index (Phi) is 6.84. The van der Waals surface area contributed by atoms with Gasteiger partial charge in [0.1, 0.15) is 0 Å². The van der Waals surface area contributed by atoms with E-state index in [4.69, 9.17) is 5.73 Å². The highest BCUT2D eigenvalue weighted by Gasteiger charge is 2.39. The number of hydrogen-bond donors (Lipinski definition) is 2. The van der Waals surface area contributed by atoms with Gasteiger partial charge >= 0.3 is 0 Å². The first-order chi connectivity index (χ1) is 9.09. The highest BCUT2D eigenvalue weighted by atomic mass is 16.2. The molecule has 0 aromatic heterocycles. The van der Waals surface area contributed by atoms with Crippen LogP contribution in [-0.2, 0) is 4.79 Å².